The van der Waals surface area contributed by atoms with Crippen LogP contribution in [0.4, 0.5) is 4.79 Å². The number of aromatic hydroxyl groups is 1. The number of para-hydroxylation sites is 1. The second kappa shape index (κ2) is 8.30. The molecule has 0 spiro atoms. The topological polar surface area (TPSA) is 127 Å². The minimum atomic E-state index is -1.05. The van der Waals surface area contributed by atoms with Crippen LogP contribution < -0.4 is 4.74 Å². The zero-order chi connectivity index (χ0) is 25.2. The van der Waals surface area contributed by atoms with Crippen LogP contribution in [0.15, 0.2) is 51.6 Å². The molecular weight excluding hydrogens is 522 g/mol. The third-order valence-corrected chi connectivity index (χ3v) is 7.84. The highest BCUT2D eigenvalue weighted by atomic mass is 79.9. The first-order valence-corrected chi connectivity index (χ1v) is 11.7. The Balaban J connectivity index is 1.71. The number of carbonyl (C=O) groups excluding carboxylic acids is 5. The Labute approximate surface area is 208 Å². The van der Waals surface area contributed by atoms with Crippen molar-refractivity contribution in [2.24, 2.45) is 17.8 Å². The van der Waals surface area contributed by atoms with E-state index in [0.717, 1.165) is 7.11 Å². The van der Waals surface area contributed by atoms with Gasteiger partial charge in [-0.1, -0.05) is 23.8 Å². The Kier molecular flexibility index (Phi) is 5.51. The second-order valence-corrected chi connectivity index (χ2v) is 9.63. The molecule has 1 fully saturated rings. The molecular formula is C25H20BrNO8. The molecule has 0 radical (unpaired) electrons. The highest BCUT2D eigenvalue weighted by Gasteiger charge is 2.58. The number of amides is 3. The van der Waals surface area contributed by atoms with E-state index in [0.29, 0.717) is 16.0 Å². The predicted octanol–water partition coefficient (Wildman–Crippen LogP) is 2.93. The largest absolute Gasteiger partial charge is 0.504 e. The third kappa shape index (κ3) is 3.23. The lowest BCUT2D eigenvalue weighted by molar-refractivity contribution is -0.137. The van der Waals surface area contributed by atoms with E-state index < -0.39 is 47.4 Å². The lowest BCUT2D eigenvalue weighted by Crippen LogP contribution is -2.40. The van der Waals surface area contributed by atoms with Crippen LogP contribution in [0.5, 0.6) is 11.5 Å². The molecule has 0 aromatic heterocycles. The first kappa shape index (κ1) is 23.2. The first-order valence-electron chi connectivity index (χ1n) is 10.9. The molecule has 10 heteroatoms. The smallest absolute Gasteiger partial charge is 0.423 e. The number of ether oxygens (including phenoxy) is 2. The van der Waals surface area contributed by atoms with Crippen LogP contribution in [0, 0.1) is 17.8 Å². The molecule has 5 rings (SSSR count). The fourth-order valence-electron chi connectivity index (χ4n) is 5.77. The van der Waals surface area contributed by atoms with Gasteiger partial charge in [-0.05, 0) is 40.8 Å². The van der Waals surface area contributed by atoms with Gasteiger partial charge in [0.2, 0.25) is 11.8 Å². The standard InChI is InChI=1S/C25H20BrNO8/c1-34-17-5-3-4-11(22(17)30)18-10-6-7-12-19(24(32)27(23(12)31)25(33)35-2)13(10)8-14-20(18)16(28)9-15(26)21(14)29/h3-6,9,12-13,18-19,30H,7-8H2,1-2H3. The molecule has 0 saturated carbocycles. The number of nitrogens with zero attached hydrogens (tertiary/aromatic N) is 1. The normalized spacial score (nSPS) is 27.7. The van der Waals surface area contributed by atoms with E-state index in [1.807, 2.05) is 0 Å². The number of benzene rings is 1. The first-order chi connectivity index (χ1) is 16.7. The van der Waals surface area contributed by atoms with Gasteiger partial charge in [0.15, 0.2) is 23.1 Å². The maximum atomic E-state index is 13.3. The summed E-state index contributed by atoms with van der Waals surface area (Å²) in [6, 6.07) is 4.86. The van der Waals surface area contributed by atoms with E-state index in [4.69, 9.17) is 4.74 Å². The number of allylic oxidation sites excluding steroid dienone is 6. The average molecular weight is 542 g/mol. The summed E-state index contributed by atoms with van der Waals surface area (Å²) in [5, 5.41) is 11.0. The van der Waals surface area contributed by atoms with Crippen molar-refractivity contribution in [1.82, 2.24) is 4.90 Å². The number of methoxy groups -OCH3 is 2. The molecule has 0 bridgehead atoms. The molecule has 1 N–H and O–H groups in total. The summed E-state index contributed by atoms with van der Waals surface area (Å²) in [7, 11) is 2.49. The third-order valence-electron chi connectivity index (χ3n) is 7.25. The number of phenols is 1. The van der Waals surface area contributed by atoms with E-state index in [1.165, 1.54) is 13.2 Å². The van der Waals surface area contributed by atoms with Crippen molar-refractivity contribution in [1.29, 1.82) is 0 Å². The van der Waals surface area contributed by atoms with Crippen molar-refractivity contribution in [2.45, 2.75) is 18.8 Å². The van der Waals surface area contributed by atoms with Gasteiger partial charge in [-0.15, -0.1) is 0 Å². The Hall–Kier alpha value is -3.53. The molecule has 1 heterocycles. The number of ketones is 2. The molecule has 4 atom stereocenters. The number of hydrogen-bond donors (Lipinski definition) is 1. The summed E-state index contributed by atoms with van der Waals surface area (Å²) in [4.78, 5) is 65.3. The SMILES string of the molecule is COC(=O)N1C(=O)C2CC=C3C(c4cccc(OC)c4O)C4=C(CC3C2C1=O)C(=O)C(Br)=CC4=O. The molecule has 1 aromatic rings. The van der Waals surface area contributed by atoms with E-state index >= 15 is 0 Å². The van der Waals surface area contributed by atoms with Gasteiger partial charge in [0.1, 0.15) is 0 Å². The van der Waals surface area contributed by atoms with Gasteiger partial charge in [0.25, 0.3) is 0 Å². The van der Waals surface area contributed by atoms with E-state index in [2.05, 4.69) is 20.7 Å². The molecule has 4 unspecified atom stereocenters. The number of carbonyl (C=O) groups is 5. The number of likely N-dealkylation sites (tertiary alicyclic amines) is 1. The minimum absolute atomic E-state index is 0.0467. The number of imide groups is 3. The van der Waals surface area contributed by atoms with Crippen molar-refractivity contribution < 1.29 is 38.6 Å². The fourth-order valence-corrected chi connectivity index (χ4v) is 6.22. The molecule has 1 aromatic carbocycles. The molecule has 3 amide bonds. The summed E-state index contributed by atoms with van der Waals surface area (Å²) < 4.78 is 9.99. The van der Waals surface area contributed by atoms with E-state index in [9.17, 15) is 29.1 Å². The lowest BCUT2D eigenvalue weighted by Gasteiger charge is -2.42. The fraction of sp³-hybridized carbons (Fsp3) is 0.320. The van der Waals surface area contributed by atoms with Gasteiger partial charge in [-0.2, -0.15) is 4.90 Å². The molecule has 35 heavy (non-hydrogen) atoms. The van der Waals surface area contributed by atoms with Crippen LogP contribution in [-0.4, -0.2) is 53.7 Å². The van der Waals surface area contributed by atoms with Crippen molar-refractivity contribution in [3.63, 3.8) is 0 Å². The van der Waals surface area contributed by atoms with E-state index in [1.54, 1.807) is 24.3 Å². The quantitative estimate of drug-likeness (QED) is 0.344. The summed E-state index contributed by atoms with van der Waals surface area (Å²) in [6.07, 6.45) is 2.16. The number of hydrogen-bond acceptors (Lipinski definition) is 8. The molecule has 180 valence electrons. The van der Waals surface area contributed by atoms with Gasteiger partial charge in [-0.3, -0.25) is 19.2 Å². The van der Waals surface area contributed by atoms with Crippen molar-refractivity contribution in [3.05, 3.63) is 57.1 Å². The molecule has 4 aliphatic rings. The highest BCUT2D eigenvalue weighted by Crippen LogP contribution is 2.56. The van der Waals surface area contributed by atoms with E-state index in [-0.39, 0.29) is 45.8 Å². The number of rotatable bonds is 2. The monoisotopic (exact) mass is 541 g/mol. The van der Waals surface area contributed by atoms with Crippen LogP contribution in [0.25, 0.3) is 0 Å². The predicted molar refractivity (Wildman–Crippen MR) is 123 cm³/mol. The average Bonchev–Trinajstić information content (AvgIpc) is 3.11. The minimum Gasteiger partial charge on any atom is -0.504 e. The molecule has 1 aliphatic heterocycles. The Morgan fingerprint density at radius 2 is 1.86 bits per heavy atom. The van der Waals surface area contributed by atoms with Crippen LogP contribution in [-0.2, 0) is 23.9 Å². The lowest BCUT2D eigenvalue weighted by atomic mass is 9.59. The summed E-state index contributed by atoms with van der Waals surface area (Å²) in [5.74, 6) is -5.26. The van der Waals surface area contributed by atoms with Gasteiger partial charge < -0.3 is 14.6 Å². The maximum Gasteiger partial charge on any atom is 0.423 e. The van der Waals surface area contributed by atoms with Crippen molar-refractivity contribution in [2.75, 3.05) is 14.2 Å². The van der Waals surface area contributed by atoms with Gasteiger partial charge in [-0.25, -0.2) is 4.79 Å². The number of Topliss-reactive ketones (excluding diaryl/α,β-unsaturated/α-hetero) is 1. The van der Waals surface area contributed by atoms with Gasteiger partial charge >= 0.3 is 6.09 Å². The molecule has 1 saturated heterocycles. The number of fused-ring (bicyclic) bond motifs is 3. The van der Waals surface area contributed by atoms with Crippen molar-refractivity contribution in [3.8, 4) is 11.5 Å². The zero-order valence-electron chi connectivity index (χ0n) is 18.7. The molecule has 3 aliphatic carbocycles. The van der Waals surface area contributed by atoms with Crippen LogP contribution in [0.3, 0.4) is 0 Å². The van der Waals surface area contributed by atoms with Crippen LogP contribution in [0.2, 0.25) is 0 Å². The summed E-state index contributed by atoms with van der Waals surface area (Å²) in [6.45, 7) is 0. The zero-order valence-corrected chi connectivity index (χ0v) is 20.3. The Morgan fingerprint density at radius 1 is 1.11 bits per heavy atom. The second-order valence-electron chi connectivity index (χ2n) is 8.77. The Morgan fingerprint density at radius 3 is 2.54 bits per heavy atom. The molecule has 9 nitrogen and oxygen atoms in total. The highest BCUT2D eigenvalue weighted by molar-refractivity contribution is 9.12. The van der Waals surface area contributed by atoms with Crippen LogP contribution in [0.1, 0.15) is 24.3 Å². The number of halogens is 1. The summed E-state index contributed by atoms with van der Waals surface area (Å²) >= 11 is 3.16. The summed E-state index contributed by atoms with van der Waals surface area (Å²) in [5.41, 5.74) is 1.44. The van der Waals surface area contributed by atoms with Gasteiger partial charge in [0.05, 0.1) is 30.5 Å². The van der Waals surface area contributed by atoms with Crippen molar-refractivity contribution >= 4 is 45.4 Å². The maximum absolute atomic E-state index is 13.3. The number of phenolic OH excluding ortho intramolecular Hbond substituents is 1. The van der Waals surface area contributed by atoms with Crippen LogP contribution >= 0.6 is 15.9 Å². The Bertz CT molecular complexity index is 1320. The van der Waals surface area contributed by atoms with Gasteiger partial charge in [0, 0.05) is 28.7 Å².